The van der Waals surface area contributed by atoms with E-state index in [0.717, 1.165) is 15.3 Å². The number of aromatic nitrogens is 2. The summed E-state index contributed by atoms with van der Waals surface area (Å²) in [4.78, 5) is 30.6. The molecular formula is C16H13N5O2S2. The number of hydrogen-bond acceptors (Lipinski definition) is 5. The molecule has 25 heavy (non-hydrogen) atoms. The average molecular weight is 371 g/mol. The quantitative estimate of drug-likeness (QED) is 0.514. The highest BCUT2D eigenvalue weighted by Gasteiger charge is 2.15. The van der Waals surface area contributed by atoms with Crippen LogP contribution in [0.1, 0.15) is 9.67 Å². The first kappa shape index (κ1) is 15.6. The summed E-state index contributed by atoms with van der Waals surface area (Å²) in [6, 6.07) is 8.48. The van der Waals surface area contributed by atoms with E-state index in [0.29, 0.717) is 16.3 Å². The number of urea groups is 1. The number of anilines is 2. The Kier molecular flexibility index (Phi) is 3.86. The van der Waals surface area contributed by atoms with Gasteiger partial charge in [0.1, 0.15) is 4.83 Å². The van der Waals surface area contributed by atoms with Crippen LogP contribution in [0.4, 0.5) is 16.2 Å². The second kappa shape index (κ2) is 6.19. The largest absolute Gasteiger partial charge is 0.341 e. The fraction of sp³-hybridized carbons (Fsp3) is 0.0625. The Bertz CT molecular complexity index is 1080. The Morgan fingerprint density at radius 1 is 1.12 bits per heavy atom. The Morgan fingerprint density at radius 2 is 1.84 bits per heavy atom. The number of thiophene rings is 1. The van der Waals surface area contributed by atoms with E-state index in [1.54, 1.807) is 42.6 Å². The second-order valence-electron chi connectivity index (χ2n) is 5.20. The third-order valence-electron chi connectivity index (χ3n) is 3.59. The van der Waals surface area contributed by atoms with Crippen LogP contribution in [0.15, 0.2) is 41.9 Å². The molecule has 0 atom stereocenters. The summed E-state index contributed by atoms with van der Waals surface area (Å²) in [7, 11) is 1.55. The number of amides is 3. The van der Waals surface area contributed by atoms with Gasteiger partial charge in [-0.1, -0.05) is 0 Å². The van der Waals surface area contributed by atoms with E-state index in [1.807, 2.05) is 22.0 Å². The van der Waals surface area contributed by atoms with Gasteiger partial charge in [0, 0.05) is 30.0 Å². The maximum Gasteiger partial charge on any atom is 0.318 e. The van der Waals surface area contributed by atoms with E-state index in [1.165, 1.54) is 11.3 Å². The molecule has 0 unspecified atom stereocenters. The minimum atomic E-state index is -0.293. The maximum atomic E-state index is 12.5. The molecule has 0 bridgehead atoms. The third kappa shape index (κ3) is 2.94. The van der Waals surface area contributed by atoms with E-state index >= 15 is 0 Å². The van der Waals surface area contributed by atoms with Crippen LogP contribution in [0.3, 0.4) is 0 Å². The zero-order valence-corrected chi connectivity index (χ0v) is 14.7. The van der Waals surface area contributed by atoms with Crippen LogP contribution in [-0.2, 0) is 0 Å². The van der Waals surface area contributed by atoms with E-state index in [-0.39, 0.29) is 11.9 Å². The molecule has 3 amide bonds. The number of fused-ring (bicyclic) bond motifs is 3. The lowest BCUT2D eigenvalue weighted by Crippen LogP contribution is -2.24. The summed E-state index contributed by atoms with van der Waals surface area (Å²) in [5.41, 5.74) is 2.24. The van der Waals surface area contributed by atoms with Crippen molar-refractivity contribution in [1.29, 1.82) is 0 Å². The topological polar surface area (TPSA) is 87.5 Å². The van der Waals surface area contributed by atoms with Crippen LogP contribution in [0, 0.1) is 0 Å². The molecular weight excluding hydrogens is 358 g/mol. The van der Waals surface area contributed by atoms with E-state index in [9.17, 15) is 9.59 Å². The van der Waals surface area contributed by atoms with Gasteiger partial charge in [-0.2, -0.15) is 0 Å². The fourth-order valence-corrected chi connectivity index (χ4v) is 4.08. The second-order valence-corrected chi connectivity index (χ2v) is 7.11. The van der Waals surface area contributed by atoms with E-state index in [4.69, 9.17) is 0 Å². The molecule has 9 heteroatoms. The van der Waals surface area contributed by atoms with Crippen molar-refractivity contribution >= 4 is 61.3 Å². The zero-order chi connectivity index (χ0) is 17.4. The highest BCUT2D eigenvalue weighted by Crippen LogP contribution is 2.28. The van der Waals surface area contributed by atoms with E-state index in [2.05, 4.69) is 20.9 Å². The first-order valence-corrected chi connectivity index (χ1v) is 9.09. The fourth-order valence-electron chi connectivity index (χ4n) is 2.38. The summed E-state index contributed by atoms with van der Waals surface area (Å²) in [6.45, 7) is 0. The van der Waals surface area contributed by atoms with Gasteiger partial charge in [-0.05, 0) is 30.3 Å². The average Bonchev–Trinajstić information content (AvgIpc) is 3.28. The normalized spacial score (nSPS) is 10.9. The molecule has 0 aliphatic rings. The van der Waals surface area contributed by atoms with Crippen molar-refractivity contribution in [3.8, 4) is 0 Å². The number of thiazole rings is 1. The molecule has 0 aliphatic carbocycles. The number of benzene rings is 1. The van der Waals surface area contributed by atoms with Gasteiger partial charge >= 0.3 is 6.03 Å². The zero-order valence-electron chi connectivity index (χ0n) is 13.1. The highest BCUT2D eigenvalue weighted by atomic mass is 32.1. The summed E-state index contributed by atoms with van der Waals surface area (Å²) in [5, 5.41) is 9.96. The molecule has 0 fully saturated rings. The summed E-state index contributed by atoms with van der Waals surface area (Å²) >= 11 is 2.93. The van der Waals surface area contributed by atoms with Crippen molar-refractivity contribution in [3.63, 3.8) is 0 Å². The first-order valence-electron chi connectivity index (χ1n) is 7.39. The summed E-state index contributed by atoms with van der Waals surface area (Å²) in [6.07, 6.45) is 1.95. The number of hydrogen-bond donors (Lipinski definition) is 3. The van der Waals surface area contributed by atoms with Crippen LogP contribution in [0.5, 0.6) is 0 Å². The Morgan fingerprint density at radius 3 is 2.56 bits per heavy atom. The van der Waals surface area contributed by atoms with Crippen LogP contribution < -0.4 is 16.0 Å². The molecule has 1 aromatic carbocycles. The van der Waals surface area contributed by atoms with Crippen molar-refractivity contribution in [2.75, 3.05) is 17.7 Å². The van der Waals surface area contributed by atoms with Crippen LogP contribution in [-0.4, -0.2) is 28.4 Å². The Balaban J connectivity index is 1.51. The Hall–Kier alpha value is -2.91. The van der Waals surface area contributed by atoms with Crippen molar-refractivity contribution in [3.05, 3.63) is 46.8 Å². The number of imidazole rings is 1. The van der Waals surface area contributed by atoms with Gasteiger partial charge < -0.3 is 16.0 Å². The minimum absolute atomic E-state index is 0.181. The number of nitrogens with zero attached hydrogens (tertiary/aromatic N) is 2. The SMILES string of the molecule is CNC(=O)Nc1ccc(NC(=O)c2cc3c(nc4sccn43)s2)cc1. The molecule has 0 saturated carbocycles. The standard InChI is InChI=1S/C16H13N5O2S2/c1-17-15(23)19-10-4-2-9(3-5-10)18-13(22)12-8-11-14(25-12)20-16-21(11)6-7-24-16/h2-8H,1H3,(H,18,22)(H2,17,19,23). The predicted octanol–water partition coefficient (Wildman–Crippen LogP) is 3.61. The summed E-state index contributed by atoms with van der Waals surface area (Å²) < 4.78 is 1.98. The molecule has 7 nitrogen and oxygen atoms in total. The predicted molar refractivity (Wildman–Crippen MR) is 101 cm³/mol. The molecule has 4 rings (SSSR count). The third-order valence-corrected chi connectivity index (χ3v) is 5.36. The Labute approximate surface area is 150 Å². The van der Waals surface area contributed by atoms with Gasteiger partial charge in [-0.3, -0.25) is 9.20 Å². The van der Waals surface area contributed by atoms with Crippen molar-refractivity contribution in [2.45, 2.75) is 0 Å². The van der Waals surface area contributed by atoms with Crippen molar-refractivity contribution < 1.29 is 9.59 Å². The van der Waals surface area contributed by atoms with Crippen LogP contribution in [0.25, 0.3) is 15.3 Å². The molecule has 0 spiro atoms. The van der Waals surface area contributed by atoms with Crippen LogP contribution >= 0.6 is 22.7 Å². The van der Waals surface area contributed by atoms with Crippen LogP contribution in [0.2, 0.25) is 0 Å². The first-order chi connectivity index (χ1) is 12.1. The lowest BCUT2D eigenvalue weighted by atomic mass is 10.2. The lowest BCUT2D eigenvalue weighted by Gasteiger charge is -2.06. The molecule has 3 heterocycles. The van der Waals surface area contributed by atoms with Gasteiger partial charge in [-0.25, -0.2) is 9.78 Å². The van der Waals surface area contributed by atoms with Gasteiger partial charge in [0.05, 0.1) is 10.4 Å². The molecule has 3 aromatic heterocycles. The minimum Gasteiger partial charge on any atom is -0.341 e. The molecule has 0 aliphatic heterocycles. The maximum absolute atomic E-state index is 12.5. The van der Waals surface area contributed by atoms with Gasteiger partial charge in [0.2, 0.25) is 0 Å². The van der Waals surface area contributed by atoms with E-state index < -0.39 is 0 Å². The van der Waals surface area contributed by atoms with Gasteiger partial charge in [0.25, 0.3) is 5.91 Å². The highest BCUT2D eigenvalue weighted by molar-refractivity contribution is 7.21. The van der Waals surface area contributed by atoms with Gasteiger partial charge in [-0.15, -0.1) is 22.7 Å². The monoisotopic (exact) mass is 371 g/mol. The number of rotatable bonds is 3. The molecule has 0 radical (unpaired) electrons. The smallest absolute Gasteiger partial charge is 0.318 e. The summed E-state index contributed by atoms with van der Waals surface area (Å²) in [5.74, 6) is -0.181. The molecule has 4 aromatic rings. The molecule has 3 N–H and O–H groups in total. The lowest BCUT2D eigenvalue weighted by molar-refractivity contribution is 0.103. The molecule has 0 saturated heterocycles. The van der Waals surface area contributed by atoms with Crippen molar-refractivity contribution in [2.24, 2.45) is 0 Å². The number of carbonyl (C=O) groups is 2. The number of carbonyl (C=O) groups excluding carboxylic acids is 2. The van der Waals surface area contributed by atoms with Crippen molar-refractivity contribution in [1.82, 2.24) is 14.7 Å². The number of nitrogens with one attached hydrogen (secondary N) is 3. The van der Waals surface area contributed by atoms with Gasteiger partial charge in [0.15, 0.2) is 4.96 Å². The molecule has 126 valence electrons.